The van der Waals surface area contributed by atoms with Gasteiger partial charge in [0, 0.05) is 24.4 Å². The largest absolute Gasteiger partial charge is 0.393 e. The van der Waals surface area contributed by atoms with Crippen molar-refractivity contribution in [1.82, 2.24) is 9.88 Å². The van der Waals surface area contributed by atoms with E-state index in [4.69, 9.17) is 0 Å². The summed E-state index contributed by atoms with van der Waals surface area (Å²) in [6.07, 6.45) is 4.64. The number of hydrogen-bond donors (Lipinski definition) is 1. The Kier molecular flexibility index (Phi) is 4.93. The van der Waals surface area contributed by atoms with Gasteiger partial charge in [-0.3, -0.25) is 4.79 Å². The molecule has 1 heterocycles. The molecule has 0 radical (unpaired) electrons. The van der Waals surface area contributed by atoms with Crippen LogP contribution in [0.4, 0.5) is 0 Å². The second-order valence-corrected chi connectivity index (χ2v) is 6.27. The Morgan fingerprint density at radius 1 is 1.47 bits per heavy atom. The van der Waals surface area contributed by atoms with E-state index < -0.39 is 0 Å². The minimum absolute atomic E-state index is 0.167. The Hall–Kier alpha value is -0.940. The molecule has 0 atom stereocenters. The van der Waals surface area contributed by atoms with Crippen LogP contribution in [0.5, 0.6) is 0 Å². The fourth-order valence-electron chi connectivity index (χ4n) is 2.61. The summed E-state index contributed by atoms with van der Waals surface area (Å²) < 4.78 is 0. The van der Waals surface area contributed by atoms with Crippen molar-refractivity contribution < 1.29 is 9.90 Å². The molecule has 1 saturated carbocycles. The van der Waals surface area contributed by atoms with Crippen LogP contribution in [-0.4, -0.2) is 40.1 Å². The highest BCUT2D eigenvalue weighted by Crippen LogP contribution is 2.23. The third kappa shape index (κ3) is 3.76. The Morgan fingerprint density at radius 3 is 2.74 bits per heavy atom. The van der Waals surface area contributed by atoms with Crippen LogP contribution in [0.2, 0.25) is 0 Å². The molecule has 0 aliphatic heterocycles. The van der Waals surface area contributed by atoms with Crippen LogP contribution < -0.4 is 0 Å². The van der Waals surface area contributed by atoms with Gasteiger partial charge in [-0.1, -0.05) is 0 Å². The number of hydrogen-bond acceptors (Lipinski definition) is 4. The quantitative estimate of drug-likeness (QED) is 0.920. The smallest absolute Gasteiger partial charge is 0.222 e. The third-order valence-corrected chi connectivity index (χ3v) is 5.01. The summed E-state index contributed by atoms with van der Waals surface area (Å²) in [5, 5.41) is 9.50. The van der Waals surface area contributed by atoms with Gasteiger partial charge in [-0.25, -0.2) is 4.98 Å². The molecule has 1 aromatic heterocycles. The molecule has 1 aliphatic rings. The van der Waals surface area contributed by atoms with Gasteiger partial charge in [0.1, 0.15) is 0 Å². The molecule has 0 spiro atoms. The average Bonchev–Trinajstić information content (AvgIpc) is 2.81. The van der Waals surface area contributed by atoms with E-state index in [1.807, 2.05) is 24.4 Å². The number of carbonyl (C=O) groups excluding carboxylic acids is 1. The van der Waals surface area contributed by atoms with Gasteiger partial charge in [-0.05, 0) is 39.0 Å². The van der Waals surface area contributed by atoms with Crippen molar-refractivity contribution in [3.05, 3.63) is 16.1 Å². The Labute approximate surface area is 118 Å². The van der Waals surface area contributed by atoms with Gasteiger partial charge in [-0.2, -0.15) is 0 Å². The van der Waals surface area contributed by atoms with E-state index in [1.54, 1.807) is 11.3 Å². The van der Waals surface area contributed by atoms with E-state index in [9.17, 15) is 9.90 Å². The lowest BCUT2D eigenvalue weighted by atomic mass is 9.92. The van der Waals surface area contributed by atoms with Crippen molar-refractivity contribution >= 4 is 17.2 Å². The Morgan fingerprint density at radius 2 is 2.16 bits per heavy atom. The number of amides is 1. The second-order valence-electron chi connectivity index (χ2n) is 5.33. The molecule has 19 heavy (non-hydrogen) atoms. The zero-order chi connectivity index (χ0) is 13.8. The molecule has 1 N–H and O–H groups in total. The highest BCUT2D eigenvalue weighted by Gasteiger charge is 2.25. The summed E-state index contributed by atoms with van der Waals surface area (Å²) in [4.78, 5) is 19.5. The monoisotopic (exact) mass is 282 g/mol. The summed E-state index contributed by atoms with van der Waals surface area (Å²) in [6, 6.07) is 0.304. The van der Waals surface area contributed by atoms with Gasteiger partial charge in [0.15, 0.2) is 0 Å². The standard InChI is InChI=1S/C14H22N2O2S/c1-10-13(19-9-15-10)7-8-14(18)16(2)11-3-5-12(17)6-4-11/h9,11-12,17H,3-8H2,1-2H3. The molecule has 106 valence electrons. The van der Waals surface area contributed by atoms with Crippen LogP contribution in [0.25, 0.3) is 0 Å². The molecule has 0 bridgehead atoms. The molecule has 1 aromatic rings. The molecule has 0 unspecified atom stereocenters. The topological polar surface area (TPSA) is 53.4 Å². The van der Waals surface area contributed by atoms with Crippen LogP contribution in [0.15, 0.2) is 5.51 Å². The van der Waals surface area contributed by atoms with Crippen molar-refractivity contribution in [3.8, 4) is 0 Å². The van der Waals surface area contributed by atoms with Crippen LogP contribution in [0.3, 0.4) is 0 Å². The molecular weight excluding hydrogens is 260 g/mol. The molecule has 2 rings (SSSR count). The Bertz CT molecular complexity index is 425. The third-order valence-electron chi connectivity index (χ3n) is 4.02. The first-order valence-electron chi connectivity index (χ1n) is 6.90. The normalized spacial score (nSPS) is 23.3. The lowest BCUT2D eigenvalue weighted by Gasteiger charge is -2.33. The molecule has 1 aliphatic carbocycles. The first kappa shape index (κ1) is 14.5. The number of aromatic nitrogens is 1. The van der Waals surface area contributed by atoms with Crippen LogP contribution in [0, 0.1) is 6.92 Å². The zero-order valence-electron chi connectivity index (χ0n) is 11.6. The van der Waals surface area contributed by atoms with Crippen molar-refractivity contribution in [2.75, 3.05) is 7.05 Å². The summed E-state index contributed by atoms with van der Waals surface area (Å²) in [5.41, 5.74) is 2.88. The average molecular weight is 282 g/mol. The van der Waals surface area contributed by atoms with E-state index in [2.05, 4.69) is 4.98 Å². The number of carbonyl (C=O) groups is 1. The van der Waals surface area contributed by atoms with Crippen molar-refractivity contribution in [2.45, 2.75) is 57.6 Å². The van der Waals surface area contributed by atoms with Gasteiger partial charge in [0.2, 0.25) is 5.91 Å². The number of aliphatic hydroxyl groups is 1. The predicted molar refractivity (Wildman–Crippen MR) is 76.2 cm³/mol. The molecule has 0 aromatic carbocycles. The predicted octanol–water partition coefficient (Wildman–Crippen LogP) is 2.15. The fraction of sp³-hybridized carbons (Fsp3) is 0.714. The maximum absolute atomic E-state index is 12.2. The minimum Gasteiger partial charge on any atom is -0.393 e. The van der Waals surface area contributed by atoms with E-state index in [1.165, 1.54) is 4.88 Å². The zero-order valence-corrected chi connectivity index (χ0v) is 12.4. The highest BCUT2D eigenvalue weighted by molar-refractivity contribution is 7.09. The van der Waals surface area contributed by atoms with Gasteiger partial charge in [-0.15, -0.1) is 11.3 Å². The molecular formula is C14H22N2O2S. The van der Waals surface area contributed by atoms with Gasteiger partial charge in [0.05, 0.1) is 17.3 Å². The van der Waals surface area contributed by atoms with Crippen LogP contribution in [-0.2, 0) is 11.2 Å². The first-order chi connectivity index (χ1) is 9.08. The number of aryl methyl sites for hydroxylation is 2. The molecule has 4 nitrogen and oxygen atoms in total. The molecule has 0 saturated heterocycles. The van der Waals surface area contributed by atoms with Gasteiger partial charge >= 0.3 is 0 Å². The van der Waals surface area contributed by atoms with Crippen molar-refractivity contribution in [1.29, 1.82) is 0 Å². The summed E-state index contributed by atoms with van der Waals surface area (Å²) in [7, 11) is 1.89. The van der Waals surface area contributed by atoms with E-state index >= 15 is 0 Å². The summed E-state index contributed by atoms with van der Waals surface area (Å²) in [6.45, 7) is 1.99. The van der Waals surface area contributed by atoms with Crippen LogP contribution in [0.1, 0.15) is 42.7 Å². The molecule has 5 heteroatoms. The maximum atomic E-state index is 12.2. The number of nitrogens with zero attached hydrogens (tertiary/aromatic N) is 2. The second kappa shape index (κ2) is 6.48. The number of thiazole rings is 1. The minimum atomic E-state index is -0.167. The van der Waals surface area contributed by atoms with Gasteiger partial charge < -0.3 is 10.0 Å². The fourth-order valence-corrected chi connectivity index (χ4v) is 3.39. The highest BCUT2D eigenvalue weighted by atomic mass is 32.1. The van der Waals surface area contributed by atoms with Gasteiger partial charge in [0.25, 0.3) is 0 Å². The number of rotatable bonds is 4. The molecule has 1 fully saturated rings. The first-order valence-corrected chi connectivity index (χ1v) is 7.78. The van der Waals surface area contributed by atoms with Crippen LogP contribution >= 0.6 is 11.3 Å². The number of aliphatic hydroxyl groups excluding tert-OH is 1. The maximum Gasteiger partial charge on any atom is 0.222 e. The van der Waals surface area contributed by atoms with Crippen molar-refractivity contribution in [3.63, 3.8) is 0 Å². The van der Waals surface area contributed by atoms with Crippen molar-refractivity contribution in [2.24, 2.45) is 0 Å². The van der Waals surface area contributed by atoms with E-state index in [0.717, 1.165) is 37.8 Å². The lowest BCUT2D eigenvalue weighted by Crippen LogP contribution is -2.40. The lowest BCUT2D eigenvalue weighted by molar-refractivity contribution is -0.132. The SMILES string of the molecule is Cc1ncsc1CCC(=O)N(C)C1CCC(O)CC1. The van der Waals surface area contributed by atoms with E-state index in [0.29, 0.717) is 12.5 Å². The summed E-state index contributed by atoms with van der Waals surface area (Å²) >= 11 is 1.62. The van der Waals surface area contributed by atoms with E-state index in [-0.39, 0.29) is 12.0 Å². The Balaban J connectivity index is 1.81. The summed E-state index contributed by atoms with van der Waals surface area (Å²) in [5.74, 6) is 0.203. The molecule has 1 amide bonds.